The minimum atomic E-state index is -0.387. The van der Waals surface area contributed by atoms with Gasteiger partial charge in [-0.05, 0) is 18.4 Å². The Hall–Kier alpha value is -2.44. The molecule has 7 nitrogen and oxygen atoms in total. The maximum atomic E-state index is 12.1. The highest BCUT2D eigenvalue weighted by atomic mass is 16.2. The molecule has 21 heavy (non-hydrogen) atoms. The molecule has 2 heterocycles. The quantitative estimate of drug-likeness (QED) is 0.877. The lowest BCUT2D eigenvalue weighted by Crippen LogP contribution is -2.26. The lowest BCUT2D eigenvalue weighted by atomic mass is 10.1. The number of H-pyrrole nitrogens is 1. The minimum absolute atomic E-state index is 0.192. The lowest BCUT2D eigenvalue weighted by Gasteiger charge is -2.05. The molecule has 0 saturated heterocycles. The van der Waals surface area contributed by atoms with Gasteiger partial charge in [0.2, 0.25) is 0 Å². The van der Waals surface area contributed by atoms with E-state index in [9.17, 15) is 9.59 Å². The van der Waals surface area contributed by atoms with Crippen molar-refractivity contribution in [3.05, 3.63) is 39.9 Å². The zero-order valence-electron chi connectivity index (χ0n) is 12.4. The largest absolute Gasteiger partial charge is 0.304 e. The van der Waals surface area contributed by atoms with Crippen molar-refractivity contribution >= 4 is 11.7 Å². The van der Waals surface area contributed by atoms with Crippen LogP contribution in [0.25, 0.3) is 0 Å². The van der Waals surface area contributed by atoms with Crippen molar-refractivity contribution in [2.75, 3.05) is 5.32 Å². The maximum Gasteiger partial charge on any atom is 0.277 e. The topological polar surface area (TPSA) is 92.7 Å². The number of hydrogen-bond donors (Lipinski definition) is 2. The van der Waals surface area contributed by atoms with Gasteiger partial charge in [0.05, 0.1) is 0 Å². The number of aryl methyl sites for hydroxylation is 1. The highest BCUT2D eigenvalue weighted by Gasteiger charge is 2.12. The second kappa shape index (κ2) is 6.34. The molecule has 0 aliphatic heterocycles. The van der Waals surface area contributed by atoms with Crippen molar-refractivity contribution in [3.63, 3.8) is 0 Å². The van der Waals surface area contributed by atoms with Crippen LogP contribution in [0.4, 0.5) is 5.82 Å². The number of anilines is 1. The Morgan fingerprint density at radius 1 is 1.43 bits per heavy atom. The van der Waals surface area contributed by atoms with Crippen molar-refractivity contribution < 1.29 is 4.79 Å². The van der Waals surface area contributed by atoms with Crippen molar-refractivity contribution in [1.29, 1.82) is 0 Å². The number of aromatic nitrogens is 4. The van der Waals surface area contributed by atoms with Crippen LogP contribution >= 0.6 is 0 Å². The first-order chi connectivity index (χ1) is 10.0. The standard InChI is InChI=1S/C14H19N5O2/c1-4-7-19-13(20)6-5-10(18-19)14(21)15-12-8-11(9(2)3)16-17-12/h5-6,8-9H,4,7H2,1-3H3,(H2,15,16,17,21). The normalized spacial score (nSPS) is 10.9. The van der Waals surface area contributed by atoms with Crippen LogP contribution < -0.4 is 10.9 Å². The van der Waals surface area contributed by atoms with E-state index in [1.165, 1.54) is 16.8 Å². The van der Waals surface area contributed by atoms with Crippen LogP contribution in [0.15, 0.2) is 23.0 Å². The molecule has 0 aromatic carbocycles. The average molecular weight is 289 g/mol. The SMILES string of the molecule is CCCn1nc(C(=O)Nc2cc(C(C)C)[nH]n2)ccc1=O. The van der Waals surface area contributed by atoms with Gasteiger partial charge in [-0.2, -0.15) is 10.2 Å². The van der Waals surface area contributed by atoms with E-state index in [-0.39, 0.29) is 17.2 Å². The molecule has 0 atom stereocenters. The predicted molar refractivity (Wildman–Crippen MR) is 79.4 cm³/mol. The molecule has 2 aromatic rings. The predicted octanol–water partition coefficient (Wildman–Crippen LogP) is 1.75. The Morgan fingerprint density at radius 3 is 2.81 bits per heavy atom. The van der Waals surface area contributed by atoms with Gasteiger partial charge in [0.1, 0.15) is 5.69 Å². The Balaban J connectivity index is 2.16. The Labute approximate surface area is 122 Å². The molecule has 7 heteroatoms. The smallest absolute Gasteiger partial charge is 0.277 e. The van der Waals surface area contributed by atoms with E-state index in [1.54, 1.807) is 6.07 Å². The van der Waals surface area contributed by atoms with E-state index in [0.717, 1.165) is 12.1 Å². The Kier molecular flexibility index (Phi) is 4.52. The molecule has 0 aliphatic carbocycles. The maximum absolute atomic E-state index is 12.1. The van der Waals surface area contributed by atoms with Gasteiger partial charge in [0, 0.05) is 24.4 Å². The molecule has 0 bridgehead atoms. The molecule has 0 saturated carbocycles. The van der Waals surface area contributed by atoms with E-state index in [4.69, 9.17) is 0 Å². The molecule has 2 aromatic heterocycles. The summed E-state index contributed by atoms with van der Waals surface area (Å²) in [6.07, 6.45) is 0.773. The minimum Gasteiger partial charge on any atom is -0.304 e. The van der Waals surface area contributed by atoms with Gasteiger partial charge in [-0.25, -0.2) is 4.68 Å². The van der Waals surface area contributed by atoms with Gasteiger partial charge in [-0.3, -0.25) is 14.7 Å². The first-order valence-corrected chi connectivity index (χ1v) is 6.96. The van der Waals surface area contributed by atoms with E-state index >= 15 is 0 Å². The summed E-state index contributed by atoms with van der Waals surface area (Å²) >= 11 is 0. The molecule has 0 radical (unpaired) electrons. The summed E-state index contributed by atoms with van der Waals surface area (Å²) in [5.41, 5.74) is 0.918. The molecular formula is C14H19N5O2. The van der Waals surface area contributed by atoms with Crippen LogP contribution in [0.3, 0.4) is 0 Å². The molecule has 2 N–H and O–H groups in total. The summed E-state index contributed by atoms with van der Waals surface area (Å²) in [6.45, 7) is 6.49. The van der Waals surface area contributed by atoms with E-state index in [2.05, 4.69) is 20.6 Å². The zero-order valence-corrected chi connectivity index (χ0v) is 12.4. The lowest BCUT2D eigenvalue weighted by molar-refractivity contribution is 0.101. The van der Waals surface area contributed by atoms with Gasteiger partial charge in [-0.15, -0.1) is 0 Å². The number of hydrogen-bond acceptors (Lipinski definition) is 4. The number of nitrogens with zero attached hydrogens (tertiary/aromatic N) is 3. The summed E-state index contributed by atoms with van der Waals surface area (Å²) in [4.78, 5) is 23.7. The second-order valence-electron chi connectivity index (χ2n) is 5.10. The fourth-order valence-corrected chi connectivity index (χ4v) is 1.82. The first-order valence-electron chi connectivity index (χ1n) is 6.96. The summed E-state index contributed by atoms with van der Waals surface area (Å²) in [6, 6.07) is 4.55. The first kappa shape index (κ1) is 15.0. The van der Waals surface area contributed by atoms with Crippen molar-refractivity contribution in [3.8, 4) is 0 Å². The van der Waals surface area contributed by atoms with E-state index in [0.29, 0.717) is 18.3 Å². The summed E-state index contributed by atoms with van der Waals surface area (Å²) in [5, 5.41) is 13.6. The zero-order chi connectivity index (χ0) is 15.4. The molecule has 0 unspecified atom stereocenters. The summed E-state index contributed by atoms with van der Waals surface area (Å²) in [7, 11) is 0. The third-order valence-electron chi connectivity index (χ3n) is 3.00. The average Bonchev–Trinajstić information content (AvgIpc) is 2.90. The number of amides is 1. The van der Waals surface area contributed by atoms with Crippen LogP contribution in [0, 0.1) is 0 Å². The van der Waals surface area contributed by atoms with Crippen LogP contribution in [0.5, 0.6) is 0 Å². The number of carbonyl (C=O) groups excluding carboxylic acids is 1. The summed E-state index contributed by atoms with van der Waals surface area (Å²) in [5.74, 6) is 0.355. The van der Waals surface area contributed by atoms with Crippen molar-refractivity contribution in [1.82, 2.24) is 20.0 Å². The number of carbonyl (C=O) groups is 1. The monoisotopic (exact) mass is 289 g/mol. The third kappa shape index (κ3) is 3.56. The number of aromatic amines is 1. The fraction of sp³-hybridized carbons (Fsp3) is 0.429. The molecule has 0 fully saturated rings. The van der Waals surface area contributed by atoms with Crippen LogP contribution in [-0.4, -0.2) is 25.9 Å². The van der Waals surface area contributed by atoms with Crippen molar-refractivity contribution in [2.24, 2.45) is 0 Å². The molecule has 0 spiro atoms. The van der Waals surface area contributed by atoms with Crippen molar-refractivity contribution in [2.45, 2.75) is 39.7 Å². The highest BCUT2D eigenvalue weighted by Crippen LogP contribution is 2.15. The van der Waals surface area contributed by atoms with Crippen LogP contribution in [0.2, 0.25) is 0 Å². The molecule has 0 aliphatic rings. The van der Waals surface area contributed by atoms with Gasteiger partial charge >= 0.3 is 0 Å². The van der Waals surface area contributed by atoms with Gasteiger partial charge in [0.25, 0.3) is 11.5 Å². The van der Waals surface area contributed by atoms with E-state index in [1.807, 2.05) is 20.8 Å². The summed E-state index contributed by atoms with van der Waals surface area (Å²) < 4.78 is 1.29. The van der Waals surface area contributed by atoms with E-state index < -0.39 is 0 Å². The molecule has 1 amide bonds. The molecule has 2 rings (SSSR count). The van der Waals surface area contributed by atoms with Gasteiger partial charge in [0.15, 0.2) is 5.82 Å². The third-order valence-corrected chi connectivity index (χ3v) is 3.00. The number of nitrogens with one attached hydrogen (secondary N) is 2. The van der Waals surface area contributed by atoms with Crippen LogP contribution in [0.1, 0.15) is 49.3 Å². The second-order valence-corrected chi connectivity index (χ2v) is 5.10. The fourth-order valence-electron chi connectivity index (χ4n) is 1.82. The molecule has 112 valence electrons. The van der Waals surface area contributed by atoms with Gasteiger partial charge < -0.3 is 5.32 Å². The Morgan fingerprint density at radius 2 is 2.19 bits per heavy atom. The molecular weight excluding hydrogens is 270 g/mol. The Bertz CT molecular complexity index is 687. The van der Waals surface area contributed by atoms with Crippen LogP contribution in [-0.2, 0) is 6.54 Å². The van der Waals surface area contributed by atoms with Gasteiger partial charge in [-0.1, -0.05) is 20.8 Å². The number of rotatable bonds is 5. The highest BCUT2D eigenvalue weighted by molar-refractivity contribution is 6.02.